The summed E-state index contributed by atoms with van der Waals surface area (Å²) in [6, 6.07) is 16.2. The number of nitrogens with two attached hydrogens (primary N) is 2. The summed E-state index contributed by atoms with van der Waals surface area (Å²) in [5, 5.41) is 77.3. The lowest BCUT2D eigenvalue weighted by Gasteiger charge is -2.50. The molecule has 3 aromatic carbocycles. The summed E-state index contributed by atoms with van der Waals surface area (Å²) in [5.74, 6) is 8.78. The number of hydrogen-bond donors (Lipinski definition) is 10. The van der Waals surface area contributed by atoms with Crippen LogP contribution in [0.25, 0.3) is 10.9 Å². The van der Waals surface area contributed by atoms with E-state index in [1.165, 1.54) is 6.07 Å². The van der Waals surface area contributed by atoms with Crippen LogP contribution < -0.4 is 35.2 Å². The van der Waals surface area contributed by atoms with Crippen LogP contribution in [0.4, 0.5) is 0 Å². The van der Waals surface area contributed by atoms with Gasteiger partial charge in [-0.25, -0.2) is 0 Å². The number of carbonyl (C=O) groups excluding carboxylic acids is 1. The number of carbonyl (C=O) groups is 2. The topological polar surface area (TPSA) is 313 Å². The molecule has 6 bridgehead atoms. The highest BCUT2D eigenvalue weighted by Gasteiger charge is 2.60. The van der Waals surface area contributed by atoms with Crippen LogP contribution in [0.1, 0.15) is 64.3 Å². The van der Waals surface area contributed by atoms with Gasteiger partial charge in [0.1, 0.15) is 66.8 Å². The Morgan fingerprint density at radius 3 is 2.56 bits per heavy atom. The number of aromatic amines is 1. The molecule has 12 N–H and O–H groups in total. The van der Waals surface area contributed by atoms with Crippen LogP contribution in [0, 0.1) is 23.7 Å². The summed E-state index contributed by atoms with van der Waals surface area (Å²) in [4.78, 5) is 27.2. The highest BCUT2D eigenvalue weighted by Crippen LogP contribution is 2.61. The predicted molar refractivity (Wildman–Crippen MR) is 233 cm³/mol. The number of carboxylic acid groups (broad SMARTS) is 1. The molecule has 0 unspecified atom stereocenters. The van der Waals surface area contributed by atoms with E-state index in [1.54, 1.807) is 18.3 Å². The number of nitrogens with one attached hydrogen (secondary N) is 1. The Morgan fingerprint density at radius 2 is 1.81 bits per heavy atom. The molecule has 11 atom stereocenters. The second kappa shape index (κ2) is 17.7. The van der Waals surface area contributed by atoms with Crippen LogP contribution in [0.2, 0.25) is 0 Å². The Hall–Kier alpha value is -6.82. The number of nitrogens with zero attached hydrogens (tertiary/aromatic N) is 1. The third-order valence-electron chi connectivity index (χ3n) is 13.0. The number of aromatic nitrogens is 2. The Balaban J connectivity index is 1.19. The monoisotopic (exact) mass is 934 g/mol. The van der Waals surface area contributed by atoms with Crippen LogP contribution in [0.15, 0.2) is 67.0 Å². The van der Waals surface area contributed by atoms with Crippen LogP contribution in [-0.4, -0.2) is 125 Å². The molecule has 68 heavy (non-hydrogen) atoms. The van der Waals surface area contributed by atoms with Gasteiger partial charge >= 0.3 is 11.9 Å². The Bertz CT molecular complexity index is 2910. The molecule has 20 heteroatoms. The molecule has 0 spiro atoms. The summed E-state index contributed by atoms with van der Waals surface area (Å²) in [6.07, 6.45) is -12.3. The molecule has 6 aliphatic heterocycles. The number of aliphatic carboxylic acids is 1. The van der Waals surface area contributed by atoms with Gasteiger partial charge in [-0.1, -0.05) is 60.1 Å². The minimum Gasteiger partial charge on any atom is -0.487 e. The molecule has 1 fully saturated rings. The lowest BCUT2D eigenvalue weighted by atomic mass is 9.75. The molecule has 0 amide bonds. The van der Waals surface area contributed by atoms with E-state index in [9.17, 15) is 45.3 Å². The number of benzene rings is 3. The van der Waals surface area contributed by atoms with Gasteiger partial charge in [0.05, 0.1) is 41.4 Å². The predicted octanol–water partition coefficient (Wildman–Crippen LogP) is 0.299. The van der Waals surface area contributed by atoms with Gasteiger partial charge in [0.2, 0.25) is 12.0 Å². The van der Waals surface area contributed by atoms with Gasteiger partial charge < -0.3 is 89.9 Å². The van der Waals surface area contributed by atoms with Gasteiger partial charge in [-0.2, -0.15) is 0 Å². The molecular weight excluding hydrogens is 889 g/mol. The zero-order valence-corrected chi connectivity index (χ0v) is 35.9. The molecule has 0 saturated carbocycles. The number of H-pyrrole nitrogens is 1. The highest BCUT2D eigenvalue weighted by molar-refractivity contribution is 5.90. The van der Waals surface area contributed by atoms with Crippen LogP contribution in [0.3, 0.4) is 0 Å². The van der Waals surface area contributed by atoms with Crippen molar-refractivity contribution >= 4 is 22.8 Å². The molecular formula is C48H46N4O16. The highest BCUT2D eigenvalue weighted by atomic mass is 16.7. The maximum Gasteiger partial charge on any atom is 0.317 e. The van der Waals surface area contributed by atoms with Gasteiger partial charge in [-0.15, -0.1) is 0 Å². The molecule has 5 aromatic rings. The van der Waals surface area contributed by atoms with Crippen molar-refractivity contribution in [3.8, 4) is 52.4 Å². The summed E-state index contributed by atoms with van der Waals surface area (Å²) in [6.45, 7) is -1.33. The Kier molecular flexibility index (Phi) is 11.7. The first kappa shape index (κ1) is 45.0. The van der Waals surface area contributed by atoms with Gasteiger partial charge in [-0.05, 0) is 17.7 Å². The molecule has 11 rings (SSSR count). The van der Waals surface area contributed by atoms with E-state index in [0.29, 0.717) is 27.9 Å². The van der Waals surface area contributed by atoms with Gasteiger partial charge in [0.15, 0.2) is 24.4 Å². The van der Waals surface area contributed by atoms with Crippen molar-refractivity contribution in [2.24, 2.45) is 11.5 Å². The standard InChI is InChI=1S/C48H46N4O16/c49-46(50)43(66-34(58)16-33(56)57)45-48(61)13-4-7-26-28(18-52-17-23-12-14-51-37(23)29(52)19-53)35-32(15-31(26)65-47(68-45)38(59)44(48)60)64-39-25(22-5-2-1-3-6-22)9-8-24(55)20-62-41-30(63-21-54)11-10-27-36(39)42(35)67-40(27)41/h1-3,5-6,10-12,14-15,17,24-25,36,38-39,42-47,51,53-55,59-61H,13,16,18-21,49-50H2,(H,56,57)/t24-,25-,36+,38+,39-,42-,43+,44+,45+,47+,48-/m0/s1. The van der Waals surface area contributed by atoms with Gasteiger partial charge in [0, 0.05) is 53.5 Å². The SMILES string of the molecule is NC(N)[C@H](OC(=O)CC(=O)O)[C@H]1O[C@H]2Oc3cc4c(c(Cn5cc6cc[nH]c6c5CO)c3C#CC[C@]1(O)[C@H](O)[C@H]2O)[C@@H]1Oc2c3ccc(OCO)c2OC[C@@H](O)C#C[C@@H](c2ccccc2)[C@H](O4)[C@@H]31. The molecule has 6 aliphatic rings. The summed E-state index contributed by atoms with van der Waals surface area (Å²) in [7, 11) is 0. The fraction of sp³-hybridized carbons (Fsp3) is 0.375. The number of hydrogen-bond acceptors (Lipinski definition) is 17. The molecule has 2 aromatic heterocycles. The van der Waals surface area contributed by atoms with Crippen LogP contribution in [0.5, 0.6) is 28.7 Å². The van der Waals surface area contributed by atoms with Crippen molar-refractivity contribution in [3.63, 3.8) is 0 Å². The smallest absolute Gasteiger partial charge is 0.317 e. The number of aliphatic hydroxyl groups excluding tert-OH is 5. The van der Waals surface area contributed by atoms with Gasteiger partial charge in [-0.3, -0.25) is 9.59 Å². The summed E-state index contributed by atoms with van der Waals surface area (Å²) >= 11 is 0. The van der Waals surface area contributed by atoms with E-state index >= 15 is 0 Å². The van der Waals surface area contributed by atoms with Crippen LogP contribution >= 0.6 is 0 Å². The van der Waals surface area contributed by atoms with E-state index in [4.69, 9.17) is 44.6 Å². The van der Waals surface area contributed by atoms with Crippen molar-refractivity contribution in [1.29, 1.82) is 0 Å². The van der Waals surface area contributed by atoms with E-state index in [-0.39, 0.29) is 54.1 Å². The Labute approximate surface area is 386 Å². The zero-order valence-electron chi connectivity index (χ0n) is 35.9. The number of fused-ring (bicyclic) bond motifs is 6. The zero-order chi connectivity index (χ0) is 47.6. The number of carboxylic acids is 1. The van der Waals surface area contributed by atoms with E-state index in [2.05, 4.69) is 28.7 Å². The minimum absolute atomic E-state index is 0.00246. The molecule has 20 nitrogen and oxygen atoms in total. The van der Waals surface area contributed by atoms with Crippen molar-refractivity contribution in [3.05, 3.63) is 101 Å². The quantitative estimate of drug-likeness (QED) is 0.0369. The van der Waals surface area contributed by atoms with Crippen molar-refractivity contribution in [1.82, 2.24) is 9.55 Å². The average Bonchev–Trinajstić information content (AvgIpc) is 4.02. The molecule has 0 aliphatic carbocycles. The lowest BCUT2D eigenvalue weighted by molar-refractivity contribution is -0.324. The summed E-state index contributed by atoms with van der Waals surface area (Å²) < 4.78 is 45.8. The van der Waals surface area contributed by atoms with Crippen LogP contribution in [-0.2, 0) is 32.2 Å². The first-order valence-corrected chi connectivity index (χ1v) is 21.7. The van der Waals surface area contributed by atoms with E-state index in [0.717, 1.165) is 10.9 Å². The second-order valence-corrected chi connectivity index (χ2v) is 17.1. The van der Waals surface area contributed by atoms with Gasteiger partial charge in [0.25, 0.3) is 0 Å². The van der Waals surface area contributed by atoms with E-state index in [1.807, 2.05) is 47.2 Å². The Morgan fingerprint density at radius 1 is 1.00 bits per heavy atom. The summed E-state index contributed by atoms with van der Waals surface area (Å²) in [5.41, 5.74) is 13.3. The number of aliphatic hydroxyl groups is 6. The van der Waals surface area contributed by atoms with Crippen molar-refractivity contribution in [2.75, 3.05) is 13.4 Å². The normalized spacial score (nSPS) is 27.8. The largest absolute Gasteiger partial charge is 0.487 e. The number of rotatable bonds is 11. The van der Waals surface area contributed by atoms with E-state index < -0.39 is 104 Å². The fourth-order valence-electron chi connectivity index (χ4n) is 9.91. The first-order valence-electron chi connectivity index (χ1n) is 21.7. The third-order valence-corrected chi connectivity index (χ3v) is 13.0. The van der Waals surface area contributed by atoms with Crippen molar-refractivity contribution < 1.29 is 78.5 Å². The first-order chi connectivity index (χ1) is 32.8. The third kappa shape index (κ3) is 7.62. The average molecular weight is 935 g/mol. The second-order valence-electron chi connectivity index (χ2n) is 17.1. The maximum atomic E-state index is 12.7. The molecule has 354 valence electrons. The molecule has 0 radical (unpaired) electrons. The van der Waals surface area contributed by atoms with Crippen molar-refractivity contribution in [2.45, 2.75) is 98.6 Å². The minimum atomic E-state index is -2.54. The fourth-order valence-corrected chi connectivity index (χ4v) is 9.91. The maximum absolute atomic E-state index is 12.7. The lowest BCUT2D eigenvalue weighted by Crippen LogP contribution is -2.72. The number of esters is 1. The molecule has 8 heterocycles. The number of ether oxygens (including phenoxy) is 7. The molecule has 1 saturated heterocycles.